The molecule has 0 spiro atoms. The maximum absolute atomic E-state index is 14.6. The number of ether oxygens (including phenoxy) is 3. The van der Waals surface area contributed by atoms with E-state index < -0.39 is 58.9 Å². The molecular weight excluding hydrogens is 706 g/mol. The zero-order valence-corrected chi connectivity index (χ0v) is 32.2. The fourth-order valence-corrected chi connectivity index (χ4v) is 8.08. The molecule has 1 aliphatic heterocycles. The number of rotatable bonds is 13. The number of alkyl carbamates (subject to hydrolysis) is 1. The number of carboxylic acids is 1. The molecule has 3 aliphatic carbocycles. The monoisotopic (exact) mass is 757 g/mol. The van der Waals surface area contributed by atoms with Crippen molar-refractivity contribution in [2.45, 2.75) is 103 Å². The van der Waals surface area contributed by atoms with Crippen molar-refractivity contribution in [3.8, 4) is 17.3 Å². The van der Waals surface area contributed by atoms with Crippen molar-refractivity contribution in [2.75, 3.05) is 19.0 Å². The molecule has 4 aliphatic rings. The van der Waals surface area contributed by atoms with Crippen molar-refractivity contribution < 1.29 is 38.5 Å². The van der Waals surface area contributed by atoms with Crippen molar-refractivity contribution >= 4 is 40.6 Å². The molecule has 15 nitrogen and oxygen atoms in total. The van der Waals surface area contributed by atoms with Crippen LogP contribution in [0, 0.1) is 23.2 Å². The van der Waals surface area contributed by atoms with Gasteiger partial charge in [0.15, 0.2) is 5.82 Å². The zero-order valence-electron chi connectivity index (χ0n) is 32.2. The summed E-state index contributed by atoms with van der Waals surface area (Å²) in [5.74, 6) is 0.624. The Morgan fingerprint density at radius 2 is 1.80 bits per heavy atom. The van der Waals surface area contributed by atoms with E-state index in [1.807, 2.05) is 46.8 Å². The highest BCUT2D eigenvalue weighted by atomic mass is 16.6. The number of nitrogens with one attached hydrogen (secondary N) is 3. The van der Waals surface area contributed by atoms with Crippen molar-refractivity contribution in [3.63, 3.8) is 0 Å². The average molecular weight is 758 g/mol. The topological polar surface area (TPSA) is 186 Å². The second-order valence-corrected chi connectivity index (χ2v) is 16.8. The van der Waals surface area contributed by atoms with Gasteiger partial charge in [0.25, 0.3) is 0 Å². The van der Waals surface area contributed by atoms with Gasteiger partial charge >= 0.3 is 12.1 Å². The van der Waals surface area contributed by atoms with Gasteiger partial charge < -0.3 is 40.2 Å². The molecule has 294 valence electrons. The molecule has 3 aromatic rings. The molecule has 0 radical (unpaired) electrons. The normalized spacial score (nSPS) is 27.2. The number of amides is 3. The number of carbonyl (C=O) groups is 4. The third-order valence-corrected chi connectivity index (χ3v) is 11.2. The van der Waals surface area contributed by atoms with Crippen LogP contribution in [0.2, 0.25) is 0 Å². The van der Waals surface area contributed by atoms with Crippen molar-refractivity contribution in [2.24, 2.45) is 23.2 Å². The molecule has 1 aromatic carbocycles. The Kier molecular flexibility index (Phi) is 9.93. The predicted molar refractivity (Wildman–Crippen MR) is 203 cm³/mol. The summed E-state index contributed by atoms with van der Waals surface area (Å²) in [4.78, 5) is 60.6. The first-order chi connectivity index (χ1) is 26.1. The second kappa shape index (κ2) is 14.4. The van der Waals surface area contributed by atoms with Crippen LogP contribution < -0.4 is 25.4 Å². The number of anilines is 1. The summed E-state index contributed by atoms with van der Waals surface area (Å²) in [5, 5.41) is 24.2. The standard InChI is InChI=1S/C40H51N7O8/c1-8-24-19-40(24,37(50)51)44-35(48)30-17-27(20-46(30)36(49)34(39(4,5)6)43-38(52)55-26-14-22-13-23(22)15-26)54-31-18-33(47-12-11-32(45-47)41-21(2)3)42-29-16-25(53-7)9-10-28(29)31/h8-12,16,18,21-24,26-27,30,34H,1,13-15,17,19-20H2,2-7H3,(H,41,45)(H,43,52)(H,44,48)(H,50,51)/t22-,23+,24-,26+,27-,30+,34-,40-/m1/s1. The van der Waals surface area contributed by atoms with Gasteiger partial charge in [-0.25, -0.2) is 19.3 Å². The van der Waals surface area contributed by atoms with Crippen molar-refractivity contribution in [1.29, 1.82) is 0 Å². The smallest absolute Gasteiger partial charge is 0.408 e. The van der Waals surface area contributed by atoms with Crippen LogP contribution in [-0.4, -0.2) is 98.2 Å². The van der Waals surface area contributed by atoms with E-state index in [-0.39, 0.29) is 31.5 Å². The summed E-state index contributed by atoms with van der Waals surface area (Å²) in [6.45, 7) is 13.2. The minimum atomic E-state index is -1.51. The Bertz CT molecular complexity index is 2000. The van der Waals surface area contributed by atoms with Crippen LogP contribution in [0.25, 0.3) is 16.7 Å². The number of likely N-dealkylation sites (tertiary alicyclic amines) is 1. The number of pyridine rings is 1. The fourth-order valence-electron chi connectivity index (χ4n) is 8.08. The highest BCUT2D eigenvalue weighted by molar-refractivity contribution is 5.96. The van der Waals surface area contributed by atoms with Crippen LogP contribution in [0.5, 0.6) is 11.5 Å². The Morgan fingerprint density at radius 3 is 2.44 bits per heavy atom. The van der Waals surface area contributed by atoms with Gasteiger partial charge in [-0.15, -0.1) is 11.7 Å². The molecule has 15 heteroatoms. The van der Waals surface area contributed by atoms with Crippen LogP contribution in [0.1, 0.15) is 66.7 Å². The Balaban J connectivity index is 1.19. The minimum Gasteiger partial charge on any atom is -0.497 e. The molecule has 7 rings (SSSR count). The van der Waals surface area contributed by atoms with E-state index in [9.17, 15) is 24.3 Å². The Labute approximate surface area is 320 Å². The number of nitrogens with zero attached hydrogens (tertiary/aromatic N) is 4. The fraction of sp³-hybridized carbons (Fsp3) is 0.550. The number of aliphatic carboxylic acids is 1. The Morgan fingerprint density at radius 1 is 1.05 bits per heavy atom. The molecule has 1 saturated heterocycles. The molecule has 0 unspecified atom stereocenters. The molecule has 3 saturated carbocycles. The van der Waals surface area contributed by atoms with E-state index >= 15 is 0 Å². The summed E-state index contributed by atoms with van der Waals surface area (Å²) >= 11 is 0. The molecular formula is C40H51N7O8. The summed E-state index contributed by atoms with van der Waals surface area (Å²) in [7, 11) is 1.57. The molecule has 55 heavy (non-hydrogen) atoms. The van der Waals surface area contributed by atoms with Gasteiger partial charge in [0, 0.05) is 48.2 Å². The molecule has 4 fully saturated rings. The number of carbonyl (C=O) groups excluding carboxylic acids is 3. The number of benzene rings is 1. The maximum atomic E-state index is 14.6. The molecule has 2 aromatic heterocycles. The van der Waals surface area contributed by atoms with Gasteiger partial charge in [-0.05, 0) is 68.9 Å². The first-order valence-electron chi connectivity index (χ1n) is 19.0. The van der Waals surface area contributed by atoms with Crippen LogP contribution in [0.3, 0.4) is 0 Å². The van der Waals surface area contributed by atoms with Gasteiger partial charge in [-0.3, -0.25) is 9.59 Å². The summed E-state index contributed by atoms with van der Waals surface area (Å²) < 4.78 is 19.5. The summed E-state index contributed by atoms with van der Waals surface area (Å²) in [6.07, 6.45) is 4.79. The van der Waals surface area contributed by atoms with E-state index in [2.05, 4.69) is 27.6 Å². The lowest BCUT2D eigenvalue weighted by atomic mass is 9.85. The number of hydrogen-bond acceptors (Lipinski definition) is 10. The summed E-state index contributed by atoms with van der Waals surface area (Å²) in [5.41, 5.74) is -1.71. The molecule has 0 bridgehead atoms. The first-order valence-corrected chi connectivity index (χ1v) is 19.0. The number of hydrogen-bond donors (Lipinski definition) is 4. The quantitative estimate of drug-likeness (QED) is 0.178. The lowest BCUT2D eigenvalue weighted by Crippen LogP contribution is -2.59. The van der Waals surface area contributed by atoms with Crippen LogP contribution in [0.4, 0.5) is 10.6 Å². The van der Waals surface area contributed by atoms with Crippen molar-refractivity contribution in [3.05, 3.63) is 49.2 Å². The van der Waals surface area contributed by atoms with Crippen LogP contribution in [0.15, 0.2) is 49.2 Å². The molecule has 8 atom stereocenters. The average Bonchev–Trinajstić information content (AvgIpc) is 3.79. The van der Waals surface area contributed by atoms with E-state index in [1.165, 1.54) is 17.4 Å². The van der Waals surface area contributed by atoms with Gasteiger partial charge in [-0.1, -0.05) is 26.8 Å². The Hall–Kier alpha value is -5.34. The lowest BCUT2D eigenvalue weighted by Gasteiger charge is -2.35. The summed E-state index contributed by atoms with van der Waals surface area (Å²) in [6, 6.07) is 7.00. The third-order valence-electron chi connectivity index (χ3n) is 11.2. The SMILES string of the molecule is C=C[C@@H]1C[C@]1(NC(=O)[C@@H]1C[C@@H](Oc2cc(-n3ccc(NC(C)C)n3)nc3cc(OC)ccc23)CN1C(=O)[C@@H](NC(=O)O[C@@H]1C[C@@H]2C[C@@H]2C1)C(C)(C)C)C(=O)O. The molecule has 4 N–H and O–H groups in total. The van der Waals surface area contributed by atoms with E-state index in [0.717, 1.165) is 12.8 Å². The van der Waals surface area contributed by atoms with Crippen LogP contribution in [-0.2, 0) is 19.1 Å². The van der Waals surface area contributed by atoms with Gasteiger partial charge in [0.1, 0.15) is 47.1 Å². The highest BCUT2D eigenvalue weighted by Gasteiger charge is 2.61. The van der Waals surface area contributed by atoms with E-state index in [1.54, 1.807) is 36.2 Å². The largest absolute Gasteiger partial charge is 0.497 e. The predicted octanol–water partition coefficient (Wildman–Crippen LogP) is 4.68. The zero-order chi connectivity index (χ0) is 39.4. The second-order valence-electron chi connectivity index (χ2n) is 16.8. The maximum Gasteiger partial charge on any atom is 0.408 e. The minimum absolute atomic E-state index is 0.0172. The first kappa shape index (κ1) is 38.0. The lowest BCUT2D eigenvalue weighted by molar-refractivity contribution is -0.146. The number of carboxylic acid groups (broad SMARTS) is 1. The number of fused-ring (bicyclic) bond motifs is 2. The number of aromatic nitrogens is 3. The van der Waals surface area contributed by atoms with Gasteiger partial charge in [-0.2, -0.15) is 0 Å². The molecule has 3 heterocycles. The van der Waals surface area contributed by atoms with Gasteiger partial charge in [0.05, 0.1) is 19.2 Å². The van der Waals surface area contributed by atoms with Gasteiger partial charge in [0.2, 0.25) is 11.8 Å². The number of methoxy groups -OCH3 is 1. The molecule has 3 amide bonds. The van der Waals surface area contributed by atoms with Crippen LogP contribution >= 0.6 is 0 Å². The van der Waals surface area contributed by atoms with E-state index in [4.69, 9.17) is 19.2 Å². The highest BCUT2D eigenvalue weighted by Crippen LogP contribution is 2.52. The van der Waals surface area contributed by atoms with E-state index in [0.29, 0.717) is 45.9 Å². The van der Waals surface area contributed by atoms with Crippen molar-refractivity contribution in [1.82, 2.24) is 30.3 Å². The third kappa shape index (κ3) is 7.78.